The van der Waals surface area contributed by atoms with Crippen molar-refractivity contribution in [3.05, 3.63) is 11.6 Å². The van der Waals surface area contributed by atoms with Crippen molar-refractivity contribution in [2.45, 2.75) is 66.7 Å². The van der Waals surface area contributed by atoms with Crippen molar-refractivity contribution in [2.75, 3.05) is 0 Å². The summed E-state index contributed by atoms with van der Waals surface area (Å²) in [5.41, 5.74) is 0.881. The van der Waals surface area contributed by atoms with E-state index in [9.17, 15) is 4.79 Å². The van der Waals surface area contributed by atoms with E-state index in [4.69, 9.17) is 5.11 Å². The smallest absolute Gasteiger partial charge is 0.330 e. The van der Waals surface area contributed by atoms with Crippen LogP contribution < -0.4 is 0 Å². The SMILES string of the molecule is CC(=CCCCCC(C)CC(C)(C)C)C(=O)O. The summed E-state index contributed by atoms with van der Waals surface area (Å²) in [6.45, 7) is 10.8. The summed E-state index contributed by atoms with van der Waals surface area (Å²) in [7, 11) is 0. The Hall–Kier alpha value is -0.790. The lowest BCUT2D eigenvalue weighted by Gasteiger charge is -2.23. The zero-order valence-electron chi connectivity index (χ0n) is 12.0. The average Bonchev–Trinajstić information content (AvgIpc) is 2.13. The molecule has 0 fully saturated rings. The van der Waals surface area contributed by atoms with Gasteiger partial charge in [-0.2, -0.15) is 0 Å². The summed E-state index contributed by atoms with van der Waals surface area (Å²) in [5.74, 6) is -0.0364. The van der Waals surface area contributed by atoms with Crippen LogP contribution in [0.2, 0.25) is 0 Å². The molecule has 1 atom stereocenters. The van der Waals surface area contributed by atoms with Crippen LogP contribution in [0.1, 0.15) is 66.7 Å². The molecule has 17 heavy (non-hydrogen) atoms. The first-order valence-electron chi connectivity index (χ1n) is 6.62. The lowest BCUT2D eigenvalue weighted by molar-refractivity contribution is -0.132. The molecular weight excluding hydrogens is 212 g/mol. The van der Waals surface area contributed by atoms with E-state index in [1.165, 1.54) is 19.3 Å². The molecule has 0 saturated heterocycles. The van der Waals surface area contributed by atoms with E-state index in [-0.39, 0.29) is 0 Å². The minimum absolute atomic E-state index is 0.416. The van der Waals surface area contributed by atoms with Gasteiger partial charge in [-0.25, -0.2) is 4.79 Å². The number of unbranched alkanes of at least 4 members (excludes halogenated alkanes) is 2. The standard InChI is InChI=1S/C15H28O2/c1-12(11-15(3,4)5)9-7-6-8-10-13(2)14(16)17/h10,12H,6-9,11H2,1-5H3,(H,16,17). The van der Waals surface area contributed by atoms with E-state index >= 15 is 0 Å². The first kappa shape index (κ1) is 16.2. The highest BCUT2D eigenvalue weighted by Gasteiger charge is 2.14. The number of hydrogen-bond donors (Lipinski definition) is 1. The van der Waals surface area contributed by atoms with Gasteiger partial charge in [0.1, 0.15) is 0 Å². The maximum absolute atomic E-state index is 10.6. The molecule has 100 valence electrons. The number of allylic oxidation sites excluding steroid dienone is 1. The maximum atomic E-state index is 10.6. The van der Waals surface area contributed by atoms with Crippen LogP contribution in [0, 0.1) is 11.3 Å². The number of hydrogen-bond acceptors (Lipinski definition) is 1. The van der Waals surface area contributed by atoms with E-state index < -0.39 is 5.97 Å². The van der Waals surface area contributed by atoms with Crippen LogP contribution in [0.25, 0.3) is 0 Å². The predicted octanol–water partition coefficient (Wildman–Crippen LogP) is 4.65. The molecule has 0 spiro atoms. The Morgan fingerprint density at radius 3 is 2.35 bits per heavy atom. The molecule has 0 saturated carbocycles. The zero-order chi connectivity index (χ0) is 13.5. The molecule has 0 bridgehead atoms. The number of carboxylic acids is 1. The van der Waals surface area contributed by atoms with Gasteiger partial charge >= 0.3 is 5.97 Å². The molecule has 1 N–H and O–H groups in total. The van der Waals surface area contributed by atoms with Gasteiger partial charge in [-0.15, -0.1) is 0 Å². The second kappa shape index (κ2) is 7.52. The largest absolute Gasteiger partial charge is 0.478 e. The van der Waals surface area contributed by atoms with Crippen LogP contribution in [-0.2, 0) is 4.79 Å². The van der Waals surface area contributed by atoms with Crippen LogP contribution in [-0.4, -0.2) is 11.1 Å². The van der Waals surface area contributed by atoms with E-state index in [0.717, 1.165) is 18.8 Å². The Bertz CT molecular complexity index is 259. The monoisotopic (exact) mass is 240 g/mol. The Balaban J connectivity index is 3.65. The summed E-state index contributed by atoms with van der Waals surface area (Å²) in [5, 5.41) is 8.69. The Morgan fingerprint density at radius 1 is 1.29 bits per heavy atom. The van der Waals surface area contributed by atoms with Gasteiger partial charge in [0.25, 0.3) is 0 Å². The van der Waals surface area contributed by atoms with Gasteiger partial charge < -0.3 is 5.11 Å². The summed E-state index contributed by atoms with van der Waals surface area (Å²) in [6.07, 6.45) is 7.52. The van der Waals surface area contributed by atoms with Crippen molar-refractivity contribution in [2.24, 2.45) is 11.3 Å². The molecule has 0 aromatic carbocycles. The van der Waals surface area contributed by atoms with Gasteiger partial charge in [-0.1, -0.05) is 46.6 Å². The first-order chi connectivity index (χ1) is 7.72. The van der Waals surface area contributed by atoms with Crippen molar-refractivity contribution in [3.63, 3.8) is 0 Å². The van der Waals surface area contributed by atoms with E-state index in [1.807, 2.05) is 6.08 Å². The fraction of sp³-hybridized carbons (Fsp3) is 0.800. The van der Waals surface area contributed by atoms with Crippen molar-refractivity contribution in [1.82, 2.24) is 0 Å². The quantitative estimate of drug-likeness (QED) is 0.519. The van der Waals surface area contributed by atoms with Gasteiger partial charge in [0.05, 0.1) is 0 Å². The Labute approximate surface area is 106 Å². The van der Waals surface area contributed by atoms with Gasteiger partial charge in [0.15, 0.2) is 0 Å². The molecule has 0 aliphatic rings. The van der Waals surface area contributed by atoms with Crippen LogP contribution in [0.15, 0.2) is 11.6 Å². The van der Waals surface area contributed by atoms with Gasteiger partial charge in [-0.3, -0.25) is 0 Å². The van der Waals surface area contributed by atoms with E-state index in [2.05, 4.69) is 27.7 Å². The van der Waals surface area contributed by atoms with Crippen molar-refractivity contribution in [3.8, 4) is 0 Å². The lowest BCUT2D eigenvalue weighted by Crippen LogP contribution is -2.10. The molecule has 0 aromatic rings. The van der Waals surface area contributed by atoms with Crippen LogP contribution in [0.3, 0.4) is 0 Å². The third-order valence-electron chi connectivity index (χ3n) is 2.90. The molecule has 2 heteroatoms. The number of carboxylic acid groups (broad SMARTS) is 1. The Morgan fingerprint density at radius 2 is 1.88 bits per heavy atom. The normalized spacial score (nSPS) is 14.8. The minimum Gasteiger partial charge on any atom is -0.478 e. The highest BCUT2D eigenvalue weighted by atomic mass is 16.4. The number of rotatable bonds is 7. The summed E-state index contributed by atoms with van der Waals surface area (Å²) in [6, 6.07) is 0. The first-order valence-corrected chi connectivity index (χ1v) is 6.62. The van der Waals surface area contributed by atoms with Crippen LogP contribution in [0.5, 0.6) is 0 Å². The summed E-state index contributed by atoms with van der Waals surface area (Å²) < 4.78 is 0. The highest BCUT2D eigenvalue weighted by Crippen LogP contribution is 2.27. The van der Waals surface area contributed by atoms with Gasteiger partial charge in [0, 0.05) is 5.57 Å². The number of carbonyl (C=O) groups is 1. The topological polar surface area (TPSA) is 37.3 Å². The molecule has 1 unspecified atom stereocenters. The third-order valence-corrected chi connectivity index (χ3v) is 2.90. The van der Waals surface area contributed by atoms with Crippen LogP contribution >= 0.6 is 0 Å². The second-order valence-corrected chi connectivity index (χ2v) is 6.35. The molecular formula is C15H28O2. The molecule has 0 heterocycles. The average molecular weight is 240 g/mol. The van der Waals surface area contributed by atoms with Gasteiger partial charge in [0.2, 0.25) is 0 Å². The van der Waals surface area contributed by atoms with E-state index in [0.29, 0.717) is 11.0 Å². The lowest BCUT2D eigenvalue weighted by atomic mass is 9.83. The fourth-order valence-electron chi connectivity index (χ4n) is 2.19. The molecule has 2 nitrogen and oxygen atoms in total. The molecule has 0 amide bonds. The van der Waals surface area contributed by atoms with Crippen molar-refractivity contribution >= 4 is 5.97 Å². The zero-order valence-corrected chi connectivity index (χ0v) is 12.0. The Kier molecular flexibility index (Phi) is 7.17. The van der Waals surface area contributed by atoms with E-state index in [1.54, 1.807) is 6.92 Å². The van der Waals surface area contributed by atoms with Gasteiger partial charge in [-0.05, 0) is 37.5 Å². The molecule has 0 aromatic heterocycles. The number of aliphatic carboxylic acids is 1. The van der Waals surface area contributed by atoms with Crippen molar-refractivity contribution in [1.29, 1.82) is 0 Å². The molecule has 0 rings (SSSR count). The third kappa shape index (κ3) is 10.1. The summed E-state index contributed by atoms with van der Waals surface area (Å²) >= 11 is 0. The highest BCUT2D eigenvalue weighted by molar-refractivity contribution is 5.85. The fourth-order valence-corrected chi connectivity index (χ4v) is 2.19. The maximum Gasteiger partial charge on any atom is 0.330 e. The predicted molar refractivity (Wildman–Crippen MR) is 73.1 cm³/mol. The second-order valence-electron chi connectivity index (χ2n) is 6.35. The molecule has 0 aliphatic carbocycles. The summed E-state index contributed by atoms with van der Waals surface area (Å²) in [4.78, 5) is 10.6. The van der Waals surface area contributed by atoms with Crippen LogP contribution in [0.4, 0.5) is 0 Å². The molecule has 0 aliphatic heterocycles. The minimum atomic E-state index is -0.800. The van der Waals surface area contributed by atoms with Crippen molar-refractivity contribution < 1.29 is 9.90 Å². The molecule has 0 radical (unpaired) electrons.